The van der Waals surface area contributed by atoms with Gasteiger partial charge in [0.25, 0.3) is 0 Å². The highest BCUT2D eigenvalue weighted by Gasteiger charge is 1.92. The van der Waals surface area contributed by atoms with Crippen molar-refractivity contribution >= 4 is 25.7 Å². The highest BCUT2D eigenvalue weighted by molar-refractivity contribution is 6.64. The van der Waals surface area contributed by atoms with Gasteiger partial charge in [-0.2, -0.15) is 0 Å². The molecule has 0 aliphatic heterocycles. The maximum atomic E-state index is 5.56. The lowest BCUT2D eigenvalue weighted by atomic mass is 10.2. The Morgan fingerprint density at radius 3 is 2.33 bits per heavy atom. The van der Waals surface area contributed by atoms with E-state index in [9.17, 15) is 0 Å². The average molecular weight is 201 g/mol. The molecule has 0 aromatic carbocycles. The van der Waals surface area contributed by atoms with Crippen LogP contribution in [0.25, 0.3) is 0 Å². The van der Waals surface area contributed by atoms with Crippen LogP contribution in [0.15, 0.2) is 0 Å². The first-order chi connectivity index (χ1) is 5.77. The Bertz CT molecular complexity index is 144. The van der Waals surface area contributed by atoms with Crippen molar-refractivity contribution in [3.63, 3.8) is 0 Å². The molecule has 2 heteroatoms. The first kappa shape index (κ1) is 12.4. The molecule has 0 N–H and O–H groups in total. The summed E-state index contributed by atoms with van der Waals surface area (Å²) in [5.41, 5.74) is 0. The number of hydrogen-bond acceptors (Lipinski definition) is 0. The van der Waals surface area contributed by atoms with Gasteiger partial charge in [0, 0.05) is 12.3 Å². The molecule has 0 fully saturated rings. The van der Waals surface area contributed by atoms with E-state index < -0.39 is 14.1 Å². The van der Waals surface area contributed by atoms with E-state index >= 15 is 0 Å². The van der Waals surface area contributed by atoms with Gasteiger partial charge in [0.2, 0.25) is 0 Å². The van der Waals surface area contributed by atoms with Crippen LogP contribution in [0.1, 0.15) is 32.1 Å². The molecule has 0 spiro atoms. The van der Waals surface area contributed by atoms with E-state index in [4.69, 9.17) is 11.6 Å². The zero-order valence-electron chi connectivity index (χ0n) is 8.20. The van der Waals surface area contributed by atoms with Gasteiger partial charge >= 0.3 is 14.1 Å². The lowest BCUT2D eigenvalue weighted by Gasteiger charge is -1.93. The quantitative estimate of drug-likeness (QED) is 0.276. The van der Waals surface area contributed by atoms with Gasteiger partial charge in [-0.25, -0.2) is 4.78 Å². The Labute approximate surface area is 86.1 Å². The van der Waals surface area contributed by atoms with E-state index in [0.29, 0.717) is 0 Å². The van der Waals surface area contributed by atoms with E-state index in [1.165, 1.54) is 19.3 Å². The van der Waals surface area contributed by atoms with Gasteiger partial charge < -0.3 is 0 Å². The Morgan fingerprint density at radius 2 is 1.75 bits per heavy atom. The van der Waals surface area contributed by atoms with Crippen molar-refractivity contribution < 1.29 is 0 Å². The maximum absolute atomic E-state index is 5.56. The van der Waals surface area contributed by atoms with Gasteiger partial charge in [-0.3, -0.25) is 0 Å². The third kappa shape index (κ3) is 10.4. The number of hydrogen-bond donors (Lipinski definition) is 0. The summed E-state index contributed by atoms with van der Waals surface area (Å²) in [5, 5.41) is 0. The van der Waals surface area contributed by atoms with Crippen molar-refractivity contribution in [2.24, 2.45) is 0 Å². The van der Waals surface area contributed by atoms with Gasteiger partial charge in [0.05, 0.1) is 0 Å². The number of unbranched alkanes of at least 4 members (excludes halogenated alkanes) is 4. The lowest BCUT2D eigenvalue weighted by Crippen LogP contribution is -1.92. The molecule has 0 aromatic rings. The summed E-state index contributed by atoms with van der Waals surface area (Å²) >= 11 is 4.94. The summed E-state index contributed by atoms with van der Waals surface area (Å²) < 4.78 is 0. The Morgan fingerprint density at radius 1 is 1.08 bits per heavy atom. The van der Waals surface area contributed by atoms with Crippen LogP contribution in [0.4, 0.5) is 0 Å². The van der Waals surface area contributed by atoms with Crippen molar-refractivity contribution in [2.75, 3.05) is 5.88 Å². The zero-order valence-corrected chi connectivity index (χ0v) is 10.1. The van der Waals surface area contributed by atoms with E-state index in [2.05, 4.69) is 22.3 Å². The van der Waals surface area contributed by atoms with Crippen LogP contribution in [0, 0.1) is 10.7 Å². The molecule has 0 amide bonds. The molecule has 0 aromatic heterocycles. The van der Waals surface area contributed by atoms with Crippen LogP contribution in [0.3, 0.4) is 0 Å². The second-order valence-electron chi connectivity index (χ2n) is 3.33. The van der Waals surface area contributed by atoms with E-state index in [-0.39, 0.29) is 0 Å². The van der Waals surface area contributed by atoms with Crippen molar-refractivity contribution in [3.05, 3.63) is 0 Å². The normalized spacial score (nSPS) is 8.92. The first-order valence-electron chi connectivity index (χ1n) is 4.81. The predicted molar refractivity (Wildman–Crippen MR) is 59.1 cm³/mol. The predicted octanol–water partition coefficient (Wildman–Crippen LogP) is 3.47. The molecule has 0 bridgehead atoms. The molecule has 0 atom stereocenters. The molecule has 0 saturated carbocycles. The third-order valence-electron chi connectivity index (χ3n) is 1.58. The van der Waals surface area contributed by atoms with Gasteiger partial charge in [0.1, 0.15) is 0 Å². The van der Waals surface area contributed by atoms with Crippen molar-refractivity contribution in [2.45, 2.75) is 43.7 Å². The molecule has 0 aliphatic carbocycles. The van der Waals surface area contributed by atoms with E-state index in [1.807, 2.05) is 0 Å². The first-order valence-corrected chi connectivity index (χ1v) is 8.24. The molecule has 12 heavy (non-hydrogen) atoms. The third-order valence-corrected chi connectivity index (χ3v) is 2.62. The molecule has 0 saturated heterocycles. The lowest BCUT2D eigenvalue weighted by molar-refractivity contribution is 0.682. The van der Waals surface area contributed by atoms with Crippen LogP contribution >= 0.6 is 11.6 Å². The number of rotatable bonds is 5. The maximum Gasteiger partial charge on any atom is 0.369 e. The molecular formula is C10H18AlCl. The van der Waals surface area contributed by atoms with Gasteiger partial charge in [0.15, 0.2) is 0 Å². The second kappa shape index (κ2) is 9.47. The molecule has 0 unspecified atom stereocenters. The van der Waals surface area contributed by atoms with Crippen LogP contribution in [0.5, 0.6) is 0 Å². The molecular weight excluding hydrogens is 183 g/mol. The van der Waals surface area contributed by atoms with Crippen molar-refractivity contribution in [3.8, 4) is 10.7 Å². The Balaban J connectivity index is 3.07. The molecule has 68 valence electrons. The van der Waals surface area contributed by atoms with Gasteiger partial charge in [-0.05, 0) is 12.8 Å². The average Bonchev–Trinajstić information content (AvgIpc) is 2.02. The largest absolute Gasteiger partial charge is 0.369 e. The van der Waals surface area contributed by atoms with Crippen LogP contribution in [-0.2, 0) is 0 Å². The van der Waals surface area contributed by atoms with Gasteiger partial charge in [-0.15, -0.1) is 17.5 Å². The SMILES string of the molecule is [CH3][Al]([CH3])[C]#CCCCCCCCl. The number of halogens is 1. The Kier molecular flexibility index (Phi) is 9.77. The second-order valence-corrected chi connectivity index (χ2v) is 6.31. The minimum atomic E-state index is -0.618. The summed E-state index contributed by atoms with van der Waals surface area (Å²) in [4.78, 5) is 3.30. The highest BCUT2D eigenvalue weighted by atomic mass is 35.5. The standard InChI is InChI=1S/C8H12Cl.2CH3.Al/c1-2-3-4-5-6-7-8-9;;;/h3-8H2;2*1H3;. The molecule has 0 aliphatic rings. The topological polar surface area (TPSA) is 0 Å². The number of alkyl halides is 1. The summed E-state index contributed by atoms with van der Waals surface area (Å²) in [6.07, 6.45) is 6.07. The van der Waals surface area contributed by atoms with Crippen molar-refractivity contribution in [1.82, 2.24) is 0 Å². The molecule has 0 rings (SSSR count). The summed E-state index contributed by atoms with van der Waals surface area (Å²) in [7, 11) is 0. The summed E-state index contributed by atoms with van der Waals surface area (Å²) in [5.74, 6) is 8.58. The molecule has 0 radical (unpaired) electrons. The monoisotopic (exact) mass is 200 g/mol. The van der Waals surface area contributed by atoms with Crippen LogP contribution < -0.4 is 0 Å². The fraction of sp³-hybridized carbons (Fsp3) is 0.800. The van der Waals surface area contributed by atoms with E-state index in [0.717, 1.165) is 18.7 Å². The highest BCUT2D eigenvalue weighted by Crippen LogP contribution is 2.02. The summed E-state index contributed by atoms with van der Waals surface area (Å²) in [6, 6.07) is 0. The summed E-state index contributed by atoms with van der Waals surface area (Å²) in [6.45, 7) is 0. The van der Waals surface area contributed by atoms with Crippen LogP contribution in [-0.4, -0.2) is 20.0 Å². The molecule has 0 nitrogen and oxygen atoms in total. The fourth-order valence-corrected chi connectivity index (χ4v) is 1.68. The fourth-order valence-electron chi connectivity index (χ4n) is 0.938. The minimum absolute atomic E-state index is 0.618. The molecule has 0 heterocycles. The smallest absolute Gasteiger partial charge is 0.205 e. The van der Waals surface area contributed by atoms with Gasteiger partial charge in [-0.1, -0.05) is 24.4 Å². The zero-order chi connectivity index (χ0) is 9.23. The van der Waals surface area contributed by atoms with Crippen molar-refractivity contribution in [1.29, 1.82) is 0 Å². The van der Waals surface area contributed by atoms with E-state index in [1.54, 1.807) is 0 Å². The Hall–Kier alpha value is 0.382. The van der Waals surface area contributed by atoms with Crippen LogP contribution in [0.2, 0.25) is 11.6 Å². The minimum Gasteiger partial charge on any atom is -0.205 e.